The maximum atomic E-state index is 15.6. The van der Waals surface area contributed by atoms with Crippen LogP contribution in [0.2, 0.25) is 0 Å². The molecule has 0 saturated carbocycles. The number of carbonyl (C=O) groups excluding carboxylic acids is 2. The number of amides is 2. The summed E-state index contributed by atoms with van der Waals surface area (Å²) >= 11 is -0.580. The van der Waals surface area contributed by atoms with E-state index in [0.29, 0.717) is 39.2 Å². The fraction of sp³-hybridized carbons (Fsp3) is 0.378. The van der Waals surface area contributed by atoms with Crippen molar-refractivity contribution in [3.8, 4) is 22.3 Å². The topological polar surface area (TPSA) is 117 Å². The first-order valence-electron chi connectivity index (χ1n) is 49.7. The van der Waals surface area contributed by atoms with Crippen molar-refractivity contribution in [3.05, 3.63) is 234 Å². The largest absolute Gasteiger partial charge is 0.416 e. The van der Waals surface area contributed by atoms with Gasteiger partial charge >= 0.3 is 12.4 Å². The van der Waals surface area contributed by atoms with Gasteiger partial charge in [-0.1, -0.05) is 155 Å². The third-order valence-corrected chi connectivity index (χ3v) is 14.7. The molecule has 96 heavy (non-hydrogen) atoms. The van der Waals surface area contributed by atoms with Crippen LogP contribution in [0.15, 0.2) is 165 Å². The first-order valence-corrected chi connectivity index (χ1v) is 29.4. The van der Waals surface area contributed by atoms with Crippen LogP contribution in [-0.2, 0) is 78.4 Å². The second-order valence-corrected chi connectivity index (χ2v) is 21.0. The summed E-state index contributed by atoms with van der Waals surface area (Å²) in [5.74, 6) is -10.9. The number of nitrogens with zero attached hydrogens (tertiary/aromatic N) is 8. The summed E-state index contributed by atoms with van der Waals surface area (Å²) in [7, 11) is 0. The van der Waals surface area contributed by atoms with Gasteiger partial charge in [-0.05, 0) is 164 Å². The minimum absolute atomic E-state index is 0.0555. The molecule has 0 saturated heterocycles. The van der Waals surface area contributed by atoms with E-state index in [9.17, 15) is 59.8 Å². The van der Waals surface area contributed by atoms with Crippen molar-refractivity contribution in [1.82, 2.24) is 38.7 Å². The zero-order valence-corrected chi connectivity index (χ0v) is 52.2. The first-order chi connectivity index (χ1) is 62.6. The SMILES string of the molecule is [2H]c1c([2H])c(C(F)(F)F)c([2H])c([2H])c1-c1c([2H])c([2H])c(C([2H])([2H])N(C(=O)C([2H])([2H])n2c(SC([2H])([2H])c3ccc(F)cc3)nc(=O)c3c2C([2H])([2H])C([2H])(C)C3([2H])[2H])C([2H])([2H])C([2H])([2H])N(C([2H])([2H])C)C([2H])([2H])C)c([2H])c1[2H].[2H]c1c([2H])c(C([2H])([2H])Sc2nc(=O)c3c(n2C([2H])([2H])C(=O)N(C([2H])(C)c2ccc(-c4ccc(C(F)(F)F)cc4)cc2)C([2H])([2H])C([2H])([2H])N(C([2H])([2H])C)C([2H])([2H])C)CCC3)c([2H])c([2H])c1F. The van der Waals surface area contributed by atoms with Crippen LogP contribution < -0.4 is 11.1 Å². The molecular weight excluding hydrogens is 1280 g/mol. The van der Waals surface area contributed by atoms with Gasteiger partial charge in [0.05, 0.1) is 48.7 Å². The summed E-state index contributed by atoms with van der Waals surface area (Å²) < 4.78 is 496. The van der Waals surface area contributed by atoms with Gasteiger partial charge in [-0.25, -0.2) is 8.78 Å². The summed E-state index contributed by atoms with van der Waals surface area (Å²) in [5, 5.41) is -2.51. The Labute approximate surface area is 625 Å². The molecule has 22 heteroatoms. The molecule has 2 aromatic heterocycles. The summed E-state index contributed by atoms with van der Waals surface area (Å²) in [4.78, 5) is 63.2. The predicted molar refractivity (Wildman–Crippen MR) is 362 cm³/mol. The van der Waals surface area contributed by atoms with Crippen molar-refractivity contribution in [3.63, 3.8) is 0 Å². The van der Waals surface area contributed by atoms with Crippen molar-refractivity contribution >= 4 is 35.3 Å². The van der Waals surface area contributed by atoms with E-state index in [2.05, 4.69) is 9.97 Å². The maximum Gasteiger partial charge on any atom is 0.416 e. The number of halogens is 8. The zero-order valence-electron chi connectivity index (χ0n) is 94.6. The Balaban J connectivity index is 0.000000316. The van der Waals surface area contributed by atoms with Gasteiger partial charge in [0.2, 0.25) is 11.8 Å². The van der Waals surface area contributed by atoms with Crippen molar-refractivity contribution in [2.24, 2.45) is 5.89 Å². The second kappa shape index (κ2) is 32.9. The van der Waals surface area contributed by atoms with E-state index in [0.717, 1.165) is 67.6 Å². The molecular formula is C74H80F8N8O4S2. The van der Waals surface area contributed by atoms with Gasteiger partial charge in [0, 0.05) is 95.2 Å². The molecule has 0 fully saturated rings. The molecule has 8 aromatic rings. The molecule has 2 heterocycles. The lowest BCUT2D eigenvalue weighted by molar-refractivity contribution is -0.138. The maximum absolute atomic E-state index is 15.6. The second-order valence-electron chi connectivity index (χ2n) is 19.4. The fourth-order valence-electron chi connectivity index (χ4n) is 8.50. The molecule has 0 radical (unpaired) electrons. The van der Waals surface area contributed by atoms with Gasteiger partial charge in [0.25, 0.3) is 11.1 Å². The lowest BCUT2D eigenvalue weighted by atomic mass is 9.99. The number of carbonyl (C=O) groups is 2. The van der Waals surface area contributed by atoms with Crippen molar-refractivity contribution < 1.29 is 105 Å². The molecule has 0 spiro atoms. The van der Waals surface area contributed by atoms with Gasteiger partial charge in [0.1, 0.15) is 24.6 Å². The molecule has 0 N–H and O–H groups in total. The van der Waals surface area contributed by atoms with Crippen molar-refractivity contribution in [1.29, 1.82) is 0 Å². The highest BCUT2D eigenvalue weighted by molar-refractivity contribution is 7.98. The average Bonchev–Trinajstić information content (AvgIpc) is 1.13. The van der Waals surface area contributed by atoms with Crippen LogP contribution >= 0.6 is 23.5 Å². The quantitative estimate of drug-likeness (QED) is 0.0295. The Bertz CT molecular complexity index is 6270. The van der Waals surface area contributed by atoms with E-state index in [1.54, 1.807) is 0 Å². The number of rotatable bonds is 26. The monoisotopic (exact) mass is 1400 g/mol. The predicted octanol–water partition coefficient (Wildman–Crippen LogP) is 15.2. The number of likely N-dealkylation sites (N-methyl/N-ethyl adjacent to an activating group) is 2. The molecule has 2 unspecified atom stereocenters. The minimum atomic E-state index is -5.55. The molecule has 0 bridgehead atoms. The Morgan fingerprint density at radius 1 is 0.594 bits per heavy atom. The highest BCUT2D eigenvalue weighted by atomic mass is 32.2. The third-order valence-electron chi connectivity index (χ3n) is 13.2. The van der Waals surface area contributed by atoms with E-state index < -0.39 is 307 Å². The van der Waals surface area contributed by atoms with Crippen LogP contribution in [0.3, 0.4) is 0 Å². The van der Waals surface area contributed by atoms with Gasteiger partial charge in [0.15, 0.2) is 10.3 Å². The molecule has 2 atom stereocenters. The summed E-state index contributed by atoms with van der Waals surface area (Å²) in [6.45, 7) is -40.4. The van der Waals surface area contributed by atoms with Crippen LogP contribution in [0, 0.1) is 17.5 Å². The highest BCUT2D eigenvalue weighted by Crippen LogP contribution is 2.35. The molecule has 2 amide bonds. The van der Waals surface area contributed by atoms with Crippen LogP contribution in [0.1, 0.15) is 170 Å². The normalized spacial score (nSPS) is 24.7. The van der Waals surface area contributed by atoms with E-state index in [1.807, 2.05) is 0 Å². The number of benzene rings is 6. The van der Waals surface area contributed by atoms with E-state index in [-0.39, 0.29) is 75.0 Å². The minimum Gasteiger partial charge on any atom is -0.336 e. The summed E-state index contributed by atoms with van der Waals surface area (Å²) in [5.41, 5.74) is -22.2. The molecule has 508 valence electrons. The van der Waals surface area contributed by atoms with Gasteiger partial charge in [-0.3, -0.25) is 19.2 Å². The fourth-order valence-corrected chi connectivity index (χ4v) is 9.87. The number of alkyl halides is 6. The lowest BCUT2D eigenvalue weighted by Crippen LogP contribution is -2.42. The number of fused-ring (bicyclic) bond motifs is 2. The van der Waals surface area contributed by atoms with E-state index in [1.165, 1.54) is 12.1 Å². The van der Waals surface area contributed by atoms with Crippen LogP contribution in [-0.4, -0.2) is 102 Å². The van der Waals surface area contributed by atoms with Crippen LogP contribution in [0.5, 0.6) is 0 Å². The molecule has 0 aliphatic heterocycles. The third kappa shape index (κ3) is 18.8. The Morgan fingerprint density at radius 3 is 1.66 bits per heavy atom. The van der Waals surface area contributed by atoms with Crippen LogP contribution in [0.4, 0.5) is 35.1 Å². The molecule has 12 nitrogen and oxygen atoms in total. The molecule has 2 aliphatic carbocycles. The van der Waals surface area contributed by atoms with Crippen molar-refractivity contribution in [2.45, 2.75) is 133 Å². The molecule has 6 aromatic carbocycles. The Hall–Kier alpha value is -7.92. The van der Waals surface area contributed by atoms with Gasteiger partial charge < -0.3 is 28.7 Å². The summed E-state index contributed by atoms with van der Waals surface area (Å²) in [6, 6.07) is -10.1. The van der Waals surface area contributed by atoms with Crippen LogP contribution in [0.25, 0.3) is 22.3 Å². The highest BCUT2D eigenvalue weighted by Gasteiger charge is 2.33. The smallest absolute Gasteiger partial charge is 0.336 e. The average molecular weight is 1410 g/mol. The standard InChI is InChI=1S/2C37H40F4N4O2S/c1-4-43(5-2)18-19-44(22-26-6-10-28(11-7-26)29-12-14-30(15-13-29)37(39,40)41)34(46)23-45-33-21-25(3)20-32(33)35(47)42-36(45)48-24-27-8-16-31(38)17-9-27;1-4-43(5-2)21-22-44(25(3)27-11-13-28(14-12-27)29-15-17-30(18-16-29)37(39,40)41)34(46)23-45-33-8-6-7-32(33)35(47)42-36(45)48-24-26-9-19-31(38)20-10-26/h6-17,25H,4-5,18-24H2,1-3H3;9-20,25H,4-8,21-24H2,1-3H3/i4D2,5D2,6D,7D,10D,11D,12D,13D,14D,15D,18D2,19D2,20D2,21D2,22D2,23D2,24D2,25D;4D2,5D2,9D,10D,19D,20D,21D2,22D2,23D2,24D2,25D. The van der Waals surface area contributed by atoms with Gasteiger partial charge in [-0.2, -0.15) is 36.3 Å². The number of hydrogen-bond donors (Lipinski definition) is 0. The van der Waals surface area contributed by atoms with Gasteiger partial charge in [-0.15, -0.1) is 0 Å². The number of thioether (sulfide) groups is 2. The van der Waals surface area contributed by atoms with Crippen molar-refractivity contribution in [2.75, 3.05) is 52.0 Å². The van der Waals surface area contributed by atoms with E-state index >= 15 is 9.59 Å². The lowest BCUT2D eigenvalue weighted by Gasteiger charge is -2.33. The Morgan fingerprint density at radius 2 is 1.09 bits per heavy atom. The molecule has 10 rings (SSSR count). The number of aromatic nitrogens is 4. The summed E-state index contributed by atoms with van der Waals surface area (Å²) in [6.07, 6.45) is -17.6. The molecule has 2 aliphatic rings. The first kappa shape index (κ1) is 34.0. The van der Waals surface area contributed by atoms with E-state index in [4.69, 9.17) is 45.2 Å². The zero-order chi connectivity index (χ0) is 108. The Kier molecular flexibility index (Phi) is 11.7. The number of hydrogen-bond acceptors (Lipinski definition) is 10.